The summed E-state index contributed by atoms with van der Waals surface area (Å²) < 4.78 is 5.93. The Morgan fingerprint density at radius 1 is 1.06 bits per heavy atom. The van der Waals surface area contributed by atoms with E-state index in [4.69, 9.17) is 16.3 Å². The fraction of sp³-hybridized carbons (Fsp3) is 0.320. The van der Waals surface area contributed by atoms with E-state index < -0.39 is 0 Å². The number of aromatic nitrogens is 2. The first-order chi connectivity index (χ1) is 15.7. The van der Waals surface area contributed by atoms with Gasteiger partial charge in [-0.25, -0.2) is 0 Å². The van der Waals surface area contributed by atoms with E-state index in [0.29, 0.717) is 18.2 Å². The van der Waals surface area contributed by atoms with Gasteiger partial charge in [0.05, 0.1) is 18.3 Å². The van der Waals surface area contributed by atoms with Crippen molar-refractivity contribution < 1.29 is 9.53 Å². The average molecular weight is 451 g/mol. The van der Waals surface area contributed by atoms with Crippen LogP contribution >= 0.6 is 11.6 Å². The van der Waals surface area contributed by atoms with Gasteiger partial charge in [-0.2, -0.15) is 0 Å². The molecule has 1 aliphatic heterocycles. The summed E-state index contributed by atoms with van der Waals surface area (Å²) in [7, 11) is 0. The molecule has 1 N–H and O–H groups in total. The topological polar surface area (TPSA) is 67.4 Å². The van der Waals surface area contributed by atoms with E-state index in [1.54, 1.807) is 18.6 Å². The van der Waals surface area contributed by atoms with Gasteiger partial charge in [0.15, 0.2) is 0 Å². The SMILES string of the molecule is O=C(C1CCNCC1)N(CCOc1ccncc1)C(c1ccc(Cl)cc1)c1ccccn1. The molecule has 1 aliphatic rings. The number of rotatable bonds is 8. The van der Waals surface area contributed by atoms with Crippen molar-refractivity contribution in [1.29, 1.82) is 0 Å². The first-order valence-corrected chi connectivity index (χ1v) is 11.3. The number of hydrogen-bond donors (Lipinski definition) is 1. The Morgan fingerprint density at radius 3 is 2.50 bits per heavy atom. The molecule has 1 aromatic carbocycles. The van der Waals surface area contributed by atoms with Crippen molar-refractivity contribution in [3.8, 4) is 5.75 Å². The number of carbonyl (C=O) groups excluding carboxylic acids is 1. The molecule has 166 valence electrons. The average Bonchev–Trinajstić information content (AvgIpc) is 2.86. The second kappa shape index (κ2) is 11.1. The number of nitrogens with one attached hydrogen (secondary N) is 1. The van der Waals surface area contributed by atoms with Crippen molar-refractivity contribution in [3.63, 3.8) is 0 Å². The highest BCUT2D eigenvalue weighted by molar-refractivity contribution is 6.30. The Bertz CT molecular complexity index is 980. The summed E-state index contributed by atoms with van der Waals surface area (Å²) in [6, 6.07) is 16.7. The van der Waals surface area contributed by atoms with Crippen molar-refractivity contribution in [2.24, 2.45) is 5.92 Å². The van der Waals surface area contributed by atoms with Gasteiger partial charge in [0.25, 0.3) is 0 Å². The van der Waals surface area contributed by atoms with Gasteiger partial charge in [-0.05, 0) is 67.9 Å². The fourth-order valence-electron chi connectivity index (χ4n) is 4.06. The predicted octanol–water partition coefficient (Wildman–Crippen LogP) is 4.13. The molecule has 3 aromatic rings. The maximum atomic E-state index is 13.8. The fourth-order valence-corrected chi connectivity index (χ4v) is 4.19. The smallest absolute Gasteiger partial charge is 0.226 e. The van der Waals surface area contributed by atoms with Gasteiger partial charge in [0.1, 0.15) is 12.4 Å². The number of piperidine rings is 1. The van der Waals surface area contributed by atoms with Crippen LogP contribution in [0.3, 0.4) is 0 Å². The van der Waals surface area contributed by atoms with E-state index in [0.717, 1.165) is 42.9 Å². The van der Waals surface area contributed by atoms with Crippen LogP contribution in [0.1, 0.15) is 30.1 Å². The highest BCUT2D eigenvalue weighted by Gasteiger charge is 2.33. The minimum absolute atomic E-state index is 0.0179. The third kappa shape index (κ3) is 5.64. The van der Waals surface area contributed by atoms with Gasteiger partial charge in [-0.1, -0.05) is 29.8 Å². The monoisotopic (exact) mass is 450 g/mol. The molecular formula is C25H27ClN4O2. The summed E-state index contributed by atoms with van der Waals surface area (Å²) in [6.45, 7) is 2.52. The van der Waals surface area contributed by atoms with Crippen LogP contribution < -0.4 is 10.1 Å². The number of benzene rings is 1. The standard InChI is InChI=1S/C25H27ClN4O2/c26-21-6-4-19(5-7-21)24(23-3-1-2-12-29-23)30(25(31)20-8-13-27-14-9-20)17-18-32-22-10-15-28-16-11-22/h1-7,10-12,15-16,20,24,27H,8-9,13-14,17-18H2. The number of ether oxygens (including phenoxy) is 1. The van der Waals surface area contributed by atoms with E-state index >= 15 is 0 Å². The molecule has 3 heterocycles. The Hall–Kier alpha value is -2.96. The Morgan fingerprint density at radius 2 is 1.81 bits per heavy atom. The summed E-state index contributed by atoms with van der Waals surface area (Å²) in [5, 5.41) is 4.00. The van der Waals surface area contributed by atoms with Gasteiger partial charge < -0.3 is 15.0 Å². The van der Waals surface area contributed by atoms with E-state index in [1.165, 1.54) is 0 Å². The number of amides is 1. The zero-order valence-corrected chi connectivity index (χ0v) is 18.6. The van der Waals surface area contributed by atoms with Gasteiger partial charge in [-0.3, -0.25) is 14.8 Å². The number of hydrogen-bond acceptors (Lipinski definition) is 5. The summed E-state index contributed by atoms with van der Waals surface area (Å²) in [6.07, 6.45) is 6.81. The molecule has 1 unspecified atom stereocenters. The van der Waals surface area contributed by atoms with Gasteiger partial charge >= 0.3 is 0 Å². The number of pyridine rings is 2. The van der Waals surface area contributed by atoms with Crippen molar-refractivity contribution in [3.05, 3.63) is 89.5 Å². The number of carbonyl (C=O) groups is 1. The molecule has 0 saturated carbocycles. The number of halogens is 1. The maximum Gasteiger partial charge on any atom is 0.226 e. The summed E-state index contributed by atoms with van der Waals surface area (Å²) in [5.41, 5.74) is 1.79. The maximum absolute atomic E-state index is 13.8. The third-order valence-corrected chi connectivity index (χ3v) is 5.94. The second-order valence-corrected chi connectivity index (χ2v) is 8.23. The van der Waals surface area contributed by atoms with Crippen LogP contribution in [-0.2, 0) is 4.79 Å². The minimum Gasteiger partial charge on any atom is -0.492 e. The number of nitrogens with zero attached hydrogens (tertiary/aromatic N) is 3. The van der Waals surface area contributed by atoms with Gasteiger partial charge in [-0.15, -0.1) is 0 Å². The Labute approximate surface area is 193 Å². The normalized spacial score (nSPS) is 15.2. The molecular weight excluding hydrogens is 424 g/mol. The molecule has 32 heavy (non-hydrogen) atoms. The van der Waals surface area contributed by atoms with Crippen molar-refractivity contribution in [2.75, 3.05) is 26.2 Å². The quantitative estimate of drug-likeness (QED) is 0.559. The minimum atomic E-state index is -0.322. The lowest BCUT2D eigenvalue weighted by atomic mass is 9.93. The zero-order chi connectivity index (χ0) is 22.2. The van der Waals surface area contributed by atoms with E-state index in [9.17, 15) is 4.79 Å². The molecule has 0 bridgehead atoms. The summed E-state index contributed by atoms with van der Waals surface area (Å²) >= 11 is 6.15. The van der Waals surface area contributed by atoms with Crippen molar-refractivity contribution in [2.45, 2.75) is 18.9 Å². The van der Waals surface area contributed by atoms with E-state index in [2.05, 4.69) is 15.3 Å². The van der Waals surface area contributed by atoms with E-state index in [1.807, 2.05) is 59.5 Å². The van der Waals surface area contributed by atoms with Crippen LogP contribution in [0.25, 0.3) is 0 Å². The largest absolute Gasteiger partial charge is 0.492 e. The van der Waals surface area contributed by atoms with Crippen LogP contribution in [0.5, 0.6) is 5.75 Å². The summed E-state index contributed by atoms with van der Waals surface area (Å²) in [5.74, 6) is 0.848. The van der Waals surface area contributed by atoms with Crippen LogP contribution in [0.15, 0.2) is 73.2 Å². The first-order valence-electron chi connectivity index (χ1n) is 10.9. The van der Waals surface area contributed by atoms with Crippen LogP contribution in [0.2, 0.25) is 5.02 Å². The Balaban J connectivity index is 1.64. The van der Waals surface area contributed by atoms with Gasteiger partial charge in [0, 0.05) is 29.5 Å². The lowest BCUT2D eigenvalue weighted by Gasteiger charge is -2.35. The molecule has 1 saturated heterocycles. The molecule has 0 spiro atoms. The second-order valence-electron chi connectivity index (χ2n) is 7.80. The lowest BCUT2D eigenvalue weighted by molar-refractivity contribution is -0.138. The highest BCUT2D eigenvalue weighted by atomic mass is 35.5. The third-order valence-electron chi connectivity index (χ3n) is 5.69. The molecule has 2 aromatic heterocycles. The molecule has 7 heteroatoms. The molecule has 6 nitrogen and oxygen atoms in total. The van der Waals surface area contributed by atoms with Crippen LogP contribution in [-0.4, -0.2) is 47.0 Å². The van der Waals surface area contributed by atoms with Crippen LogP contribution in [0, 0.1) is 5.92 Å². The molecule has 0 radical (unpaired) electrons. The molecule has 1 fully saturated rings. The van der Waals surface area contributed by atoms with Crippen LogP contribution in [0.4, 0.5) is 0 Å². The lowest BCUT2D eigenvalue weighted by Crippen LogP contribution is -2.45. The Kier molecular flexibility index (Phi) is 7.69. The highest BCUT2D eigenvalue weighted by Crippen LogP contribution is 2.31. The van der Waals surface area contributed by atoms with Crippen molar-refractivity contribution in [1.82, 2.24) is 20.2 Å². The van der Waals surface area contributed by atoms with E-state index in [-0.39, 0.29) is 17.9 Å². The molecule has 1 amide bonds. The summed E-state index contributed by atoms with van der Waals surface area (Å²) in [4.78, 5) is 24.3. The first kappa shape index (κ1) is 22.2. The molecule has 1 atom stereocenters. The van der Waals surface area contributed by atoms with Crippen molar-refractivity contribution >= 4 is 17.5 Å². The molecule has 0 aliphatic carbocycles. The molecule has 4 rings (SSSR count). The van der Waals surface area contributed by atoms with Gasteiger partial charge in [0.2, 0.25) is 5.91 Å². The zero-order valence-electron chi connectivity index (χ0n) is 17.9. The predicted molar refractivity (Wildman–Crippen MR) is 125 cm³/mol.